The van der Waals surface area contributed by atoms with E-state index >= 15 is 0 Å². The number of carbonyl (C=O) groups is 1. The van der Waals surface area contributed by atoms with Gasteiger partial charge >= 0.3 is 0 Å². The number of nitrogens with one attached hydrogen (secondary N) is 1. The minimum atomic E-state index is -0.747. The first-order chi connectivity index (χ1) is 21.7. The van der Waals surface area contributed by atoms with Crippen LogP contribution in [0.25, 0.3) is 17.4 Å². The molecule has 1 N–H and O–H groups in total. The molecule has 0 spiro atoms. The summed E-state index contributed by atoms with van der Waals surface area (Å²) in [5, 5.41) is 14.4. The molecule has 3 heterocycles. The molecular weight excluding hydrogens is 592 g/mol. The fraction of sp³-hybridized carbons (Fsp3) is 0.147. The lowest BCUT2D eigenvalue weighted by molar-refractivity contribution is -0.385. The van der Waals surface area contributed by atoms with Gasteiger partial charge in [0.25, 0.3) is 17.2 Å². The monoisotopic (exact) mass is 620 g/mol. The lowest BCUT2D eigenvalue weighted by Crippen LogP contribution is -2.40. The van der Waals surface area contributed by atoms with Crippen LogP contribution in [0.3, 0.4) is 0 Å². The molecule has 0 saturated carbocycles. The number of nitro benzene ring substituents is 1. The van der Waals surface area contributed by atoms with Gasteiger partial charge < -0.3 is 14.5 Å². The van der Waals surface area contributed by atoms with Gasteiger partial charge in [-0.15, -0.1) is 0 Å². The third kappa shape index (κ3) is 5.85. The number of rotatable bonds is 8. The average molecular weight is 621 g/mol. The van der Waals surface area contributed by atoms with Crippen molar-refractivity contribution in [3.8, 4) is 17.1 Å². The molecule has 45 heavy (non-hydrogen) atoms. The second kappa shape index (κ2) is 12.2. The summed E-state index contributed by atoms with van der Waals surface area (Å²) < 4.78 is 13.5. The molecule has 0 aliphatic carbocycles. The first kappa shape index (κ1) is 29.5. The number of nitro groups is 1. The van der Waals surface area contributed by atoms with Crippen molar-refractivity contribution in [2.24, 2.45) is 4.99 Å². The van der Waals surface area contributed by atoms with Gasteiger partial charge in [0, 0.05) is 29.0 Å². The third-order valence-corrected chi connectivity index (χ3v) is 8.38. The summed E-state index contributed by atoms with van der Waals surface area (Å²) in [7, 11) is 0. The average Bonchev–Trinajstić information content (AvgIpc) is 3.61. The molecule has 0 fully saturated rings. The van der Waals surface area contributed by atoms with Crippen LogP contribution in [-0.4, -0.2) is 22.0 Å². The standard InChI is InChI=1S/C34H28N4O6S/c1-4-43-25-14-12-22(13-15-25)31-30(32(39)36-24-8-6-5-7-9-24)21(3)35-34-37(31)33(40)29(45-34)19-26-16-17-28(44-26)23-11-10-20(2)27(18-23)38(41)42/h5-19,31H,4H2,1-3H3,(H,36,39)/b29-19-/t31-/m0/s1. The lowest BCUT2D eigenvalue weighted by Gasteiger charge is -2.25. The summed E-state index contributed by atoms with van der Waals surface area (Å²) in [6, 6.07) is 24.0. The van der Waals surface area contributed by atoms with Gasteiger partial charge in [0.2, 0.25) is 0 Å². The second-order valence-corrected chi connectivity index (χ2v) is 11.4. The van der Waals surface area contributed by atoms with Gasteiger partial charge in [-0.05, 0) is 62.7 Å². The highest BCUT2D eigenvalue weighted by Crippen LogP contribution is 2.32. The van der Waals surface area contributed by atoms with Crippen LogP contribution in [0.5, 0.6) is 5.75 Å². The molecular formula is C34H28N4O6S. The molecule has 0 saturated heterocycles. The van der Waals surface area contributed by atoms with Crippen LogP contribution >= 0.6 is 11.3 Å². The van der Waals surface area contributed by atoms with Crippen LogP contribution in [-0.2, 0) is 4.79 Å². The van der Waals surface area contributed by atoms with Crippen molar-refractivity contribution in [1.29, 1.82) is 0 Å². The van der Waals surface area contributed by atoms with Crippen molar-refractivity contribution in [3.63, 3.8) is 0 Å². The number of nitrogens with zero attached hydrogens (tertiary/aromatic N) is 3. The second-order valence-electron chi connectivity index (χ2n) is 10.4. The molecule has 2 aromatic heterocycles. The Hall–Kier alpha value is -5.55. The Morgan fingerprint density at radius 3 is 2.56 bits per heavy atom. The number of aromatic nitrogens is 1. The summed E-state index contributed by atoms with van der Waals surface area (Å²) in [6.45, 7) is 5.84. The number of anilines is 1. The quantitative estimate of drug-likeness (QED) is 0.174. The van der Waals surface area contributed by atoms with Crippen molar-refractivity contribution in [3.05, 3.63) is 143 Å². The molecule has 0 unspecified atom stereocenters. The Bertz CT molecular complexity index is 2140. The van der Waals surface area contributed by atoms with E-state index < -0.39 is 11.0 Å². The van der Waals surface area contributed by atoms with E-state index in [0.717, 1.165) is 5.56 Å². The highest BCUT2D eigenvalue weighted by Gasteiger charge is 2.32. The summed E-state index contributed by atoms with van der Waals surface area (Å²) >= 11 is 1.19. The number of furan rings is 1. The van der Waals surface area contributed by atoms with Crippen molar-refractivity contribution in [1.82, 2.24) is 4.57 Å². The van der Waals surface area contributed by atoms with E-state index in [4.69, 9.17) is 9.15 Å². The molecule has 1 amide bonds. The zero-order valence-corrected chi connectivity index (χ0v) is 25.5. The number of amides is 1. The lowest BCUT2D eigenvalue weighted by atomic mass is 9.95. The predicted octanol–water partition coefficient (Wildman–Crippen LogP) is 5.75. The van der Waals surface area contributed by atoms with Crippen molar-refractivity contribution < 1.29 is 18.9 Å². The molecule has 1 atom stereocenters. The van der Waals surface area contributed by atoms with Crippen LogP contribution in [0.15, 0.2) is 110 Å². The summed E-state index contributed by atoms with van der Waals surface area (Å²) in [5.74, 6) is 1.14. The molecule has 226 valence electrons. The van der Waals surface area contributed by atoms with Crippen LogP contribution in [0, 0.1) is 17.0 Å². The van der Waals surface area contributed by atoms with E-state index in [2.05, 4.69) is 10.3 Å². The maximum atomic E-state index is 14.0. The van der Waals surface area contributed by atoms with Crippen molar-refractivity contribution in [2.45, 2.75) is 26.8 Å². The molecule has 11 heteroatoms. The van der Waals surface area contributed by atoms with Gasteiger partial charge in [-0.1, -0.05) is 53.8 Å². The minimum absolute atomic E-state index is 0.00414. The zero-order valence-electron chi connectivity index (χ0n) is 24.6. The number of fused-ring (bicyclic) bond motifs is 1. The van der Waals surface area contributed by atoms with Crippen LogP contribution in [0.2, 0.25) is 0 Å². The maximum Gasteiger partial charge on any atom is 0.273 e. The summed E-state index contributed by atoms with van der Waals surface area (Å²) in [6.07, 6.45) is 1.62. The Morgan fingerprint density at radius 1 is 1.09 bits per heavy atom. The van der Waals surface area contributed by atoms with Gasteiger partial charge in [0.05, 0.1) is 33.4 Å². The first-order valence-electron chi connectivity index (χ1n) is 14.2. The van der Waals surface area contributed by atoms with Crippen LogP contribution < -0.4 is 24.9 Å². The fourth-order valence-corrected chi connectivity index (χ4v) is 6.26. The molecule has 6 rings (SSSR count). The predicted molar refractivity (Wildman–Crippen MR) is 172 cm³/mol. The molecule has 0 radical (unpaired) electrons. The number of hydrogen-bond acceptors (Lipinski definition) is 8. The first-order valence-corrected chi connectivity index (χ1v) is 15.0. The molecule has 10 nitrogen and oxygen atoms in total. The molecule has 1 aliphatic rings. The van der Waals surface area contributed by atoms with E-state index in [1.54, 1.807) is 56.3 Å². The summed E-state index contributed by atoms with van der Waals surface area (Å²) in [5.41, 5.74) is 2.95. The fourth-order valence-electron chi connectivity index (χ4n) is 5.23. The smallest absolute Gasteiger partial charge is 0.273 e. The van der Waals surface area contributed by atoms with Gasteiger partial charge in [-0.3, -0.25) is 24.3 Å². The van der Waals surface area contributed by atoms with Crippen LogP contribution in [0.4, 0.5) is 11.4 Å². The highest BCUT2D eigenvalue weighted by molar-refractivity contribution is 7.07. The molecule has 1 aliphatic heterocycles. The Balaban J connectivity index is 1.43. The third-order valence-electron chi connectivity index (χ3n) is 7.40. The SMILES string of the molecule is CCOc1ccc([C@H]2C(C(=O)Nc3ccccc3)=C(C)N=c3s/c(=C\c4ccc(-c5ccc(C)c([N+](=O)[O-])c5)o4)c(=O)n32)cc1. The minimum Gasteiger partial charge on any atom is -0.494 e. The number of carbonyl (C=O) groups excluding carboxylic acids is 1. The maximum absolute atomic E-state index is 14.0. The van der Waals surface area contributed by atoms with E-state index in [1.165, 1.54) is 22.0 Å². The Morgan fingerprint density at radius 2 is 1.84 bits per heavy atom. The molecule has 5 aromatic rings. The normalized spacial score (nSPS) is 14.6. The van der Waals surface area contributed by atoms with E-state index in [9.17, 15) is 19.7 Å². The van der Waals surface area contributed by atoms with E-state index in [-0.39, 0.29) is 17.2 Å². The van der Waals surface area contributed by atoms with Gasteiger partial charge in [-0.25, -0.2) is 4.99 Å². The van der Waals surface area contributed by atoms with Crippen LogP contribution in [0.1, 0.15) is 36.8 Å². The Labute approximate surface area is 261 Å². The van der Waals surface area contributed by atoms with Crippen molar-refractivity contribution in [2.75, 3.05) is 11.9 Å². The van der Waals surface area contributed by atoms with Gasteiger partial charge in [0.1, 0.15) is 17.3 Å². The van der Waals surface area contributed by atoms with Crippen molar-refractivity contribution >= 4 is 34.7 Å². The molecule has 3 aromatic carbocycles. The number of aryl methyl sites for hydroxylation is 1. The number of allylic oxidation sites excluding steroid dienone is 1. The topological polar surface area (TPSA) is 129 Å². The number of hydrogen-bond donors (Lipinski definition) is 1. The number of para-hydroxylation sites is 1. The van der Waals surface area contributed by atoms with E-state index in [0.29, 0.717) is 61.3 Å². The van der Waals surface area contributed by atoms with Gasteiger partial charge in [-0.2, -0.15) is 0 Å². The molecule has 0 bridgehead atoms. The van der Waals surface area contributed by atoms with E-state index in [1.807, 2.05) is 49.4 Å². The number of thiazole rings is 1. The number of ether oxygens (including phenoxy) is 1. The highest BCUT2D eigenvalue weighted by atomic mass is 32.1. The zero-order chi connectivity index (χ0) is 31.7. The van der Waals surface area contributed by atoms with Gasteiger partial charge in [0.15, 0.2) is 4.80 Å². The summed E-state index contributed by atoms with van der Waals surface area (Å²) in [4.78, 5) is 43.9. The largest absolute Gasteiger partial charge is 0.494 e. The Kier molecular flexibility index (Phi) is 8.01. The number of benzene rings is 3.